The lowest BCUT2D eigenvalue weighted by molar-refractivity contribution is -0.124. The third-order valence-electron chi connectivity index (χ3n) is 6.14. The molecule has 0 radical (unpaired) electrons. The summed E-state index contributed by atoms with van der Waals surface area (Å²) in [7, 11) is 0. The lowest BCUT2D eigenvalue weighted by atomic mass is 9.81. The summed E-state index contributed by atoms with van der Waals surface area (Å²) in [6.45, 7) is 5.84. The fourth-order valence-electron chi connectivity index (χ4n) is 3.75. The summed E-state index contributed by atoms with van der Waals surface area (Å²) in [5.41, 5.74) is 4.03. The van der Waals surface area contributed by atoms with Gasteiger partial charge < -0.3 is 5.32 Å². The Morgan fingerprint density at radius 2 is 1.42 bits per heavy atom. The molecule has 0 saturated heterocycles. The average molecular weight is 412 g/mol. The number of rotatable bonds is 5. The summed E-state index contributed by atoms with van der Waals surface area (Å²) >= 11 is 0. The second-order valence-corrected chi connectivity index (χ2v) is 8.61. The smallest absolute Gasteiger partial charge is 0.230 e. The molecule has 1 N–H and O–H groups in total. The molecule has 0 unspecified atom stereocenters. The molecule has 1 aliphatic rings. The van der Waals surface area contributed by atoms with Crippen LogP contribution in [-0.2, 0) is 11.2 Å². The summed E-state index contributed by atoms with van der Waals surface area (Å²) in [5, 5.41) is 2.96. The zero-order valence-corrected chi connectivity index (χ0v) is 18.0. The van der Waals surface area contributed by atoms with Crippen molar-refractivity contribution in [3.63, 3.8) is 0 Å². The Hall–Kier alpha value is -3.53. The highest BCUT2D eigenvalue weighted by Crippen LogP contribution is 2.31. The Kier molecular flexibility index (Phi) is 5.32. The van der Waals surface area contributed by atoms with Crippen molar-refractivity contribution < 1.29 is 14.4 Å². The first-order valence-corrected chi connectivity index (χ1v) is 10.5. The number of carbonyl (C=O) groups is 3. The van der Waals surface area contributed by atoms with E-state index in [4.69, 9.17) is 0 Å². The van der Waals surface area contributed by atoms with Crippen molar-refractivity contribution in [2.24, 2.45) is 5.41 Å². The molecular formula is C27H25NO3. The fourth-order valence-corrected chi connectivity index (χ4v) is 3.75. The van der Waals surface area contributed by atoms with E-state index in [-0.39, 0.29) is 17.5 Å². The number of ketones is 2. The molecule has 156 valence electrons. The van der Waals surface area contributed by atoms with Crippen LogP contribution in [0.25, 0.3) is 0 Å². The van der Waals surface area contributed by atoms with Gasteiger partial charge in [0.05, 0.1) is 0 Å². The molecule has 4 rings (SSSR count). The number of benzene rings is 3. The number of anilines is 1. The van der Waals surface area contributed by atoms with Gasteiger partial charge in [-0.25, -0.2) is 0 Å². The summed E-state index contributed by atoms with van der Waals surface area (Å²) in [6, 6.07) is 20.1. The van der Waals surface area contributed by atoms with Crippen LogP contribution in [0.3, 0.4) is 0 Å². The largest absolute Gasteiger partial charge is 0.326 e. The van der Waals surface area contributed by atoms with E-state index in [1.54, 1.807) is 30.3 Å². The SMILES string of the molecule is CCC(C)(C)C(=O)Nc1ccc(Cc2cccc3c2C(=O)c2ccccc2C3=O)cc1. The molecule has 0 fully saturated rings. The van der Waals surface area contributed by atoms with Gasteiger partial charge in [0.2, 0.25) is 5.91 Å². The molecule has 0 heterocycles. The van der Waals surface area contributed by atoms with Crippen molar-refractivity contribution in [1.82, 2.24) is 0 Å². The summed E-state index contributed by atoms with van der Waals surface area (Å²) in [4.78, 5) is 38.5. The number of fused-ring (bicyclic) bond motifs is 2. The number of amides is 1. The highest BCUT2D eigenvalue weighted by Gasteiger charge is 2.31. The molecule has 31 heavy (non-hydrogen) atoms. The fraction of sp³-hybridized carbons (Fsp3) is 0.222. The Labute approximate surface area is 182 Å². The Balaban J connectivity index is 1.60. The maximum absolute atomic E-state index is 13.2. The monoisotopic (exact) mass is 411 g/mol. The van der Waals surface area contributed by atoms with Crippen molar-refractivity contribution in [1.29, 1.82) is 0 Å². The zero-order valence-electron chi connectivity index (χ0n) is 18.0. The quantitative estimate of drug-likeness (QED) is 0.476. The Bertz CT molecular complexity index is 1190. The molecule has 0 atom stereocenters. The summed E-state index contributed by atoms with van der Waals surface area (Å²) < 4.78 is 0. The minimum atomic E-state index is -0.426. The van der Waals surface area contributed by atoms with Gasteiger partial charge in [-0.2, -0.15) is 0 Å². The van der Waals surface area contributed by atoms with Crippen LogP contribution in [0.15, 0.2) is 66.7 Å². The topological polar surface area (TPSA) is 63.2 Å². The molecule has 0 bridgehead atoms. The van der Waals surface area contributed by atoms with E-state index in [9.17, 15) is 14.4 Å². The minimum absolute atomic E-state index is 0.0114. The van der Waals surface area contributed by atoms with Crippen LogP contribution in [0.2, 0.25) is 0 Å². The van der Waals surface area contributed by atoms with E-state index in [2.05, 4.69) is 5.32 Å². The van der Waals surface area contributed by atoms with Crippen molar-refractivity contribution in [3.05, 3.63) is 100 Å². The van der Waals surface area contributed by atoms with Crippen LogP contribution in [0, 0.1) is 5.41 Å². The van der Waals surface area contributed by atoms with Crippen molar-refractivity contribution in [2.45, 2.75) is 33.6 Å². The van der Waals surface area contributed by atoms with Crippen LogP contribution >= 0.6 is 0 Å². The molecule has 0 spiro atoms. The van der Waals surface area contributed by atoms with Gasteiger partial charge in [-0.1, -0.05) is 75.4 Å². The van der Waals surface area contributed by atoms with Gasteiger partial charge in [0, 0.05) is 33.4 Å². The van der Waals surface area contributed by atoms with Crippen molar-refractivity contribution in [3.8, 4) is 0 Å². The minimum Gasteiger partial charge on any atom is -0.326 e. The first kappa shape index (κ1) is 20.7. The predicted molar refractivity (Wildman–Crippen MR) is 122 cm³/mol. The maximum Gasteiger partial charge on any atom is 0.230 e. The second kappa shape index (κ2) is 7.95. The van der Waals surface area contributed by atoms with Crippen molar-refractivity contribution >= 4 is 23.2 Å². The molecule has 0 saturated carbocycles. The lowest BCUT2D eigenvalue weighted by Gasteiger charge is -2.21. The summed E-state index contributed by atoms with van der Waals surface area (Å²) in [6.07, 6.45) is 1.28. The molecule has 3 aromatic rings. The van der Waals surface area contributed by atoms with Crippen LogP contribution in [0.1, 0.15) is 70.2 Å². The number of hydrogen-bond acceptors (Lipinski definition) is 3. The molecule has 3 aromatic carbocycles. The second-order valence-electron chi connectivity index (χ2n) is 8.61. The molecule has 0 aromatic heterocycles. The Morgan fingerprint density at radius 3 is 2.06 bits per heavy atom. The highest BCUT2D eigenvalue weighted by molar-refractivity contribution is 6.28. The van der Waals surface area contributed by atoms with E-state index < -0.39 is 5.41 Å². The zero-order chi connectivity index (χ0) is 22.2. The molecular weight excluding hydrogens is 386 g/mol. The van der Waals surface area contributed by atoms with E-state index in [1.165, 1.54) is 0 Å². The van der Waals surface area contributed by atoms with Crippen LogP contribution in [-0.4, -0.2) is 17.5 Å². The molecule has 4 heteroatoms. The standard InChI is InChI=1S/C27H25NO3/c1-4-27(2,3)26(31)28-19-14-12-17(13-15-19)16-18-8-7-11-22-23(18)25(30)21-10-6-5-9-20(21)24(22)29/h5-15H,4,16H2,1-3H3,(H,28,31). The average Bonchev–Trinajstić information content (AvgIpc) is 2.78. The maximum atomic E-state index is 13.2. The van der Waals surface area contributed by atoms with Gasteiger partial charge in [0.1, 0.15) is 0 Å². The van der Waals surface area contributed by atoms with Crippen LogP contribution in [0.4, 0.5) is 5.69 Å². The summed E-state index contributed by atoms with van der Waals surface area (Å²) in [5.74, 6) is -0.224. The number of carbonyl (C=O) groups excluding carboxylic acids is 3. The van der Waals surface area contributed by atoms with E-state index >= 15 is 0 Å². The first-order chi connectivity index (χ1) is 14.8. The third kappa shape index (κ3) is 3.81. The predicted octanol–water partition coefficient (Wildman–Crippen LogP) is 5.43. The molecule has 1 aliphatic carbocycles. The van der Waals surface area contributed by atoms with Gasteiger partial charge in [0.15, 0.2) is 11.6 Å². The number of nitrogens with one attached hydrogen (secondary N) is 1. The third-order valence-corrected chi connectivity index (χ3v) is 6.14. The van der Waals surface area contributed by atoms with E-state index in [0.717, 1.165) is 23.2 Å². The normalized spacial score (nSPS) is 12.9. The van der Waals surface area contributed by atoms with E-state index in [1.807, 2.05) is 57.2 Å². The van der Waals surface area contributed by atoms with Gasteiger partial charge in [-0.3, -0.25) is 14.4 Å². The first-order valence-electron chi connectivity index (χ1n) is 10.5. The van der Waals surface area contributed by atoms with Crippen molar-refractivity contribution in [2.75, 3.05) is 5.32 Å². The number of hydrogen-bond donors (Lipinski definition) is 1. The van der Waals surface area contributed by atoms with Crippen LogP contribution < -0.4 is 5.32 Å². The lowest BCUT2D eigenvalue weighted by Crippen LogP contribution is -2.29. The van der Waals surface area contributed by atoms with Gasteiger partial charge in [-0.05, 0) is 36.1 Å². The molecule has 1 amide bonds. The van der Waals surface area contributed by atoms with Gasteiger partial charge in [-0.15, -0.1) is 0 Å². The molecule has 0 aliphatic heterocycles. The Morgan fingerprint density at radius 1 is 0.806 bits per heavy atom. The van der Waals surface area contributed by atoms with E-state index in [0.29, 0.717) is 28.7 Å². The van der Waals surface area contributed by atoms with Crippen LogP contribution in [0.5, 0.6) is 0 Å². The van der Waals surface area contributed by atoms with Gasteiger partial charge >= 0.3 is 0 Å². The molecule has 4 nitrogen and oxygen atoms in total. The van der Waals surface area contributed by atoms with Gasteiger partial charge in [0.25, 0.3) is 0 Å². The highest BCUT2D eigenvalue weighted by atomic mass is 16.2.